The molecule has 3 rings (SSSR count). The minimum Gasteiger partial charge on any atom is -1.00 e. The number of methoxy groups -OCH3 is 3. The summed E-state index contributed by atoms with van der Waals surface area (Å²) in [5.41, 5.74) is 4.32. The third-order valence-electron chi connectivity index (χ3n) is 3.90. The van der Waals surface area contributed by atoms with Gasteiger partial charge < -0.3 is 31.2 Å². The average Bonchev–Trinajstić information content (AvgIpc) is 2.67. The van der Waals surface area contributed by atoms with E-state index in [2.05, 4.69) is 12.1 Å². The second kappa shape index (κ2) is 10.5. The Bertz CT molecular complexity index is 752. The smallest absolute Gasteiger partial charge is 1.00 e. The van der Waals surface area contributed by atoms with E-state index in [1.807, 2.05) is 54.6 Å². The summed E-state index contributed by atoms with van der Waals surface area (Å²) in [4.78, 5) is 0. The molecule has 0 fully saturated rings. The fourth-order valence-electron chi connectivity index (χ4n) is 2.55. The summed E-state index contributed by atoms with van der Waals surface area (Å²) < 4.78 is 15.9. The molecule has 3 aromatic carbocycles. The molecule has 0 saturated heterocycles. The Morgan fingerprint density at radius 3 is 1.69 bits per heavy atom. The molecule has 3 aromatic rings. The van der Waals surface area contributed by atoms with Crippen molar-refractivity contribution in [3.05, 3.63) is 66.7 Å². The Morgan fingerprint density at radius 1 is 0.615 bits per heavy atom. The molecule has 0 aliphatic carbocycles. The number of hydrogen-bond acceptors (Lipinski definition) is 3. The molecule has 0 heterocycles. The van der Waals surface area contributed by atoms with E-state index in [0.717, 1.165) is 39.5 Å². The van der Waals surface area contributed by atoms with Crippen LogP contribution in [0.3, 0.4) is 0 Å². The maximum atomic E-state index is 5.47. The first kappa shape index (κ1) is 22.3. The van der Waals surface area contributed by atoms with Gasteiger partial charge in [-0.2, -0.15) is 12.1 Å². The third-order valence-corrected chi connectivity index (χ3v) is 3.90. The largest absolute Gasteiger partial charge is 2.00 e. The van der Waals surface area contributed by atoms with Gasteiger partial charge in [-0.3, -0.25) is 0 Å². The Balaban J connectivity index is 0.00000169. The number of rotatable bonds is 5. The van der Waals surface area contributed by atoms with Crippen LogP contribution in [0.25, 0.3) is 22.3 Å². The fraction of sp³-hybridized carbons (Fsp3) is 0.143. The first-order chi connectivity index (χ1) is 11.7. The number of ether oxygens (including phenoxy) is 3. The molecular weight excluding hydrogens is 404 g/mol. The number of benzene rings is 3. The van der Waals surface area contributed by atoms with E-state index in [1.54, 1.807) is 21.3 Å². The molecule has 5 heteroatoms. The summed E-state index contributed by atoms with van der Waals surface area (Å²) in [5, 5.41) is 0. The summed E-state index contributed by atoms with van der Waals surface area (Å²) in [5.74, 6) is 2.37. The first-order valence-electron chi connectivity index (χ1n) is 7.63. The topological polar surface area (TPSA) is 27.7 Å². The first-order valence-corrected chi connectivity index (χ1v) is 7.63. The van der Waals surface area contributed by atoms with Crippen LogP contribution in [0.2, 0.25) is 0 Å². The van der Waals surface area contributed by atoms with Crippen molar-refractivity contribution in [2.45, 2.75) is 0 Å². The molecule has 0 amide bonds. The van der Waals surface area contributed by atoms with Crippen LogP contribution < -0.4 is 31.2 Å². The van der Waals surface area contributed by atoms with Crippen LogP contribution in [0.15, 0.2) is 60.7 Å². The van der Waals surface area contributed by atoms with Crippen molar-refractivity contribution >= 4 is 23.1 Å². The maximum absolute atomic E-state index is 5.47. The van der Waals surface area contributed by atoms with Gasteiger partial charge in [0.25, 0.3) is 0 Å². The molecule has 0 saturated carbocycles. The van der Waals surface area contributed by atoms with Gasteiger partial charge in [0.2, 0.25) is 0 Å². The van der Waals surface area contributed by atoms with Crippen molar-refractivity contribution in [2.24, 2.45) is 0 Å². The Hall–Kier alpha value is -1.69. The van der Waals surface area contributed by atoms with Gasteiger partial charge in [0.1, 0.15) is 11.5 Å². The van der Waals surface area contributed by atoms with Crippen LogP contribution in [0.1, 0.15) is 0 Å². The van der Waals surface area contributed by atoms with E-state index >= 15 is 0 Å². The summed E-state index contributed by atoms with van der Waals surface area (Å²) in [6.07, 6.45) is 0. The zero-order chi connectivity index (χ0) is 16.9. The van der Waals surface area contributed by atoms with Crippen molar-refractivity contribution in [1.82, 2.24) is 0 Å². The van der Waals surface area contributed by atoms with Crippen LogP contribution in [0, 0.1) is 6.07 Å². The monoisotopic (exact) mass is 422 g/mol. The molecule has 0 aromatic heterocycles. The second-order valence-electron chi connectivity index (χ2n) is 5.32. The molecule has 0 unspecified atom stereocenters. The van der Waals surface area contributed by atoms with Gasteiger partial charge in [0.05, 0.1) is 21.3 Å². The van der Waals surface area contributed by atoms with Crippen molar-refractivity contribution in [2.75, 3.05) is 21.3 Å². The van der Waals surface area contributed by atoms with Crippen LogP contribution in [-0.4, -0.2) is 44.4 Å². The zero-order valence-corrected chi connectivity index (χ0v) is 18.1. The summed E-state index contributed by atoms with van der Waals surface area (Å²) in [7, 11) is 4.98. The fourth-order valence-corrected chi connectivity index (χ4v) is 2.55. The molecule has 0 atom stereocenters. The molecule has 0 aliphatic heterocycles. The predicted molar refractivity (Wildman–Crippen MR) is 102 cm³/mol. The van der Waals surface area contributed by atoms with Crippen LogP contribution in [0.4, 0.5) is 0 Å². The minimum absolute atomic E-state index is 0. The molecule has 0 radical (unpaired) electrons. The molecular formula is C21H19BrMgO3. The van der Waals surface area contributed by atoms with E-state index in [0.29, 0.717) is 0 Å². The van der Waals surface area contributed by atoms with Gasteiger partial charge in [-0.15, -0.1) is 17.7 Å². The Kier molecular flexibility index (Phi) is 8.99. The van der Waals surface area contributed by atoms with E-state index in [-0.39, 0.29) is 40.0 Å². The van der Waals surface area contributed by atoms with Gasteiger partial charge in [0, 0.05) is 5.75 Å². The molecule has 3 nitrogen and oxygen atoms in total. The van der Waals surface area contributed by atoms with Crippen molar-refractivity contribution in [3.63, 3.8) is 0 Å². The minimum atomic E-state index is 0. The molecule has 0 bridgehead atoms. The summed E-state index contributed by atoms with van der Waals surface area (Å²) >= 11 is 0. The SMILES string of the molecule is COc1[c-]cc(-c2cc(OC)cc(-c3ccc(OC)cc3)c2)cc1.[Br-].[Mg+2]. The third kappa shape index (κ3) is 5.16. The maximum Gasteiger partial charge on any atom is 2.00 e. The van der Waals surface area contributed by atoms with Gasteiger partial charge >= 0.3 is 23.1 Å². The van der Waals surface area contributed by atoms with Gasteiger partial charge in [0.15, 0.2) is 0 Å². The van der Waals surface area contributed by atoms with Gasteiger partial charge in [-0.25, -0.2) is 0 Å². The zero-order valence-electron chi connectivity index (χ0n) is 15.1. The molecule has 130 valence electrons. The van der Waals surface area contributed by atoms with E-state index in [4.69, 9.17) is 14.2 Å². The van der Waals surface area contributed by atoms with Crippen molar-refractivity contribution in [3.8, 4) is 39.5 Å². The van der Waals surface area contributed by atoms with E-state index in [1.165, 1.54) is 0 Å². The van der Waals surface area contributed by atoms with Crippen LogP contribution in [-0.2, 0) is 0 Å². The van der Waals surface area contributed by atoms with Gasteiger partial charge in [-0.05, 0) is 35.4 Å². The van der Waals surface area contributed by atoms with Gasteiger partial charge in [-0.1, -0.05) is 23.8 Å². The summed E-state index contributed by atoms with van der Waals surface area (Å²) in [6.45, 7) is 0. The van der Waals surface area contributed by atoms with Crippen molar-refractivity contribution in [1.29, 1.82) is 0 Å². The molecule has 26 heavy (non-hydrogen) atoms. The number of halogens is 1. The second-order valence-corrected chi connectivity index (χ2v) is 5.32. The predicted octanol–water partition coefficient (Wildman–Crippen LogP) is 1.47. The van der Waals surface area contributed by atoms with Crippen LogP contribution in [0.5, 0.6) is 17.2 Å². The normalized spacial score (nSPS) is 9.50. The van der Waals surface area contributed by atoms with E-state index in [9.17, 15) is 0 Å². The molecule has 0 spiro atoms. The van der Waals surface area contributed by atoms with Crippen LogP contribution >= 0.6 is 0 Å². The standard InChI is InChI=1S/C21H19O3.BrH.Mg/c1-22-19-8-4-15(5-9-19)17-12-18(14-21(13-17)24-3)16-6-10-20(23-2)11-7-16;;/h4-10,12-14H,1-3H3;1H;/q-1;;+2/p-1. The Labute approximate surface area is 181 Å². The number of hydrogen-bond donors (Lipinski definition) is 0. The Morgan fingerprint density at radius 2 is 1.19 bits per heavy atom. The van der Waals surface area contributed by atoms with E-state index < -0.39 is 0 Å². The summed E-state index contributed by atoms with van der Waals surface area (Å²) in [6, 6.07) is 23.1. The van der Waals surface area contributed by atoms with Crippen molar-refractivity contribution < 1.29 is 31.2 Å². The molecule has 0 aliphatic rings. The quantitative estimate of drug-likeness (QED) is 0.460. The molecule has 0 N–H and O–H groups in total. The average molecular weight is 424 g/mol.